The van der Waals surface area contributed by atoms with Crippen LogP contribution in [0, 0.1) is 6.92 Å². The second-order valence-electron chi connectivity index (χ2n) is 5.93. The van der Waals surface area contributed by atoms with Crippen LogP contribution < -0.4 is 10.2 Å². The van der Waals surface area contributed by atoms with Crippen LogP contribution in [0.4, 0.5) is 5.82 Å². The molecule has 8 heteroatoms. The summed E-state index contributed by atoms with van der Waals surface area (Å²) in [5.74, 6) is 0.907. The van der Waals surface area contributed by atoms with E-state index in [1.807, 2.05) is 25.3 Å². The Kier molecular flexibility index (Phi) is 5.03. The van der Waals surface area contributed by atoms with Gasteiger partial charge in [-0.05, 0) is 38.2 Å². The Morgan fingerprint density at radius 1 is 1.38 bits per heavy atom. The Labute approximate surface area is 145 Å². The number of aryl methyl sites for hydroxylation is 2. The largest absolute Gasteiger partial charge is 0.356 e. The van der Waals surface area contributed by atoms with Gasteiger partial charge in [0.2, 0.25) is 0 Å². The molecule has 2 aromatic heterocycles. The van der Waals surface area contributed by atoms with Crippen molar-refractivity contribution in [1.29, 1.82) is 0 Å². The summed E-state index contributed by atoms with van der Waals surface area (Å²) in [5.41, 5.74) is 1.46. The average molecular weight is 346 g/mol. The van der Waals surface area contributed by atoms with Crippen LogP contribution in [0.25, 0.3) is 0 Å². The zero-order valence-electron chi connectivity index (χ0n) is 14.2. The van der Waals surface area contributed by atoms with Crippen molar-refractivity contribution in [3.63, 3.8) is 0 Å². The first kappa shape index (κ1) is 16.8. The van der Waals surface area contributed by atoms with Crippen LogP contribution >= 0.6 is 11.8 Å². The molecule has 0 unspecified atom stereocenters. The third kappa shape index (κ3) is 3.69. The number of carbonyl (C=O) groups excluding carboxylic acids is 1. The van der Waals surface area contributed by atoms with Crippen molar-refractivity contribution >= 4 is 23.5 Å². The Balaban J connectivity index is 1.57. The minimum absolute atomic E-state index is 0.0525. The molecule has 0 aromatic carbocycles. The lowest BCUT2D eigenvalue weighted by atomic mass is 10.0. The molecule has 1 saturated heterocycles. The topological polar surface area (TPSA) is 75.9 Å². The molecule has 0 spiro atoms. The van der Waals surface area contributed by atoms with Gasteiger partial charge in [0.1, 0.15) is 11.5 Å². The van der Waals surface area contributed by atoms with Crippen molar-refractivity contribution in [2.45, 2.75) is 31.0 Å². The van der Waals surface area contributed by atoms with Gasteiger partial charge in [-0.1, -0.05) is 11.8 Å². The van der Waals surface area contributed by atoms with Crippen LogP contribution in [0.1, 0.15) is 29.0 Å². The molecule has 0 radical (unpaired) electrons. The molecular formula is C16H22N6OS. The fraction of sp³-hybridized carbons (Fsp3) is 0.500. The molecule has 0 bridgehead atoms. The average Bonchev–Trinajstić information content (AvgIpc) is 2.94. The first-order valence-electron chi connectivity index (χ1n) is 8.00. The second-order valence-corrected chi connectivity index (χ2v) is 6.70. The number of thioether (sulfide) groups is 1. The fourth-order valence-electron chi connectivity index (χ4n) is 2.94. The van der Waals surface area contributed by atoms with Crippen molar-refractivity contribution in [2.75, 3.05) is 24.2 Å². The van der Waals surface area contributed by atoms with E-state index in [9.17, 15) is 4.79 Å². The lowest BCUT2D eigenvalue weighted by Gasteiger charge is -2.33. The normalized spacial score (nSPS) is 15.5. The first-order chi connectivity index (χ1) is 11.6. The monoisotopic (exact) mass is 346 g/mol. The zero-order chi connectivity index (χ0) is 17.1. The van der Waals surface area contributed by atoms with Gasteiger partial charge in [-0.2, -0.15) is 5.10 Å². The van der Waals surface area contributed by atoms with E-state index in [0.717, 1.165) is 42.6 Å². The number of carbonyl (C=O) groups is 1. The van der Waals surface area contributed by atoms with E-state index in [1.54, 1.807) is 29.7 Å². The Hall–Kier alpha value is -2.09. The standard InChI is InChI=1S/C16H22N6OS/c1-11-10-13(21(2)20-11)15(23)18-12-5-8-22(9-6-12)14-4-7-17-16(19-14)24-3/h4,7,10,12H,5-6,8-9H2,1-3H3,(H,18,23). The van der Waals surface area contributed by atoms with Crippen molar-refractivity contribution in [1.82, 2.24) is 25.1 Å². The maximum absolute atomic E-state index is 12.4. The Bertz CT molecular complexity index is 723. The van der Waals surface area contributed by atoms with Crippen molar-refractivity contribution in [3.8, 4) is 0 Å². The van der Waals surface area contributed by atoms with Gasteiger partial charge >= 0.3 is 0 Å². The number of hydrogen-bond donors (Lipinski definition) is 1. The minimum Gasteiger partial charge on any atom is -0.356 e. The molecule has 0 aliphatic carbocycles. The molecule has 3 heterocycles. The lowest BCUT2D eigenvalue weighted by molar-refractivity contribution is 0.0921. The van der Waals surface area contributed by atoms with E-state index < -0.39 is 0 Å². The summed E-state index contributed by atoms with van der Waals surface area (Å²) in [6.45, 7) is 3.64. The predicted octanol–water partition coefficient (Wildman–Crippen LogP) is 1.64. The molecule has 2 aromatic rings. The highest BCUT2D eigenvalue weighted by molar-refractivity contribution is 7.98. The van der Waals surface area contributed by atoms with E-state index in [4.69, 9.17) is 0 Å². The highest BCUT2D eigenvalue weighted by Gasteiger charge is 2.23. The van der Waals surface area contributed by atoms with Crippen LogP contribution in [0.2, 0.25) is 0 Å². The van der Waals surface area contributed by atoms with Crippen LogP contribution in [-0.2, 0) is 7.05 Å². The molecule has 3 rings (SSSR count). The maximum Gasteiger partial charge on any atom is 0.269 e. The maximum atomic E-state index is 12.4. The van der Waals surface area contributed by atoms with Gasteiger partial charge in [0, 0.05) is 32.4 Å². The lowest BCUT2D eigenvalue weighted by Crippen LogP contribution is -2.45. The minimum atomic E-state index is -0.0525. The van der Waals surface area contributed by atoms with E-state index in [1.165, 1.54) is 0 Å². The third-order valence-electron chi connectivity index (χ3n) is 4.19. The zero-order valence-corrected chi connectivity index (χ0v) is 15.0. The molecule has 1 aliphatic rings. The molecule has 7 nitrogen and oxygen atoms in total. The van der Waals surface area contributed by atoms with Crippen molar-refractivity contribution in [2.24, 2.45) is 7.05 Å². The third-order valence-corrected chi connectivity index (χ3v) is 4.75. The molecular weight excluding hydrogens is 324 g/mol. The van der Waals surface area contributed by atoms with Gasteiger partial charge in [0.25, 0.3) is 5.91 Å². The highest BCUT2D eigenvalue weighted by Crippen LogP contribution is 2.20. The number of amides is 1. The van der Waals surface area contributed by atoms with Crippen molar-refractivity contribution in [3.05, 3.63) is 29.7 Å². The second kappa shape index (κ2) is 7.21. The predicted molar refractivity (Wildman–Crippen MR) is 94.5 cm³/mol. The first-order valence-corrected chi connectivity index (χ1v) is 9.23. The van der Waals surface area contributed by atoms with Gasteiger partial charge in [0.05, 0.1) is 5.69 Å². The number of hydrogen-bond acceptors (Lipinski definition) is 6. The summed E-state index contributed by atoms with van der Waals surface area (Å²) in [7, 11) is 1.79. The number of anilines is 1. The quantitative estimate of drug-likeness (QED) is 0.670. The Morgan fingerprint density at radius 2 is 2.12 bits per heavy atom. The number of aromatic nitrogens is 4. The number of nitrogens with zero attached hydrogens (tertiary/aromatic N) is 5. The number of piperidine rings is 1. The number of rotatable bonds is 4. The van der Waals surface area contributed by atoms with E-state index in [0.29, 0.717) is 5.69 Å². The fourth-order valence-corrected chi connectivity index (χ4v) is 3.29. The SMILES string of the molecule is CSc1nccc(N2CCC(NC(=O)c3cc(C)nn3C)CC2)n1. The molecule has 1 fully saturated rings. The summed E-state index contributed by atoms with van der Waals surface area (Å²) >= 11 is 1.54. The number of nitrogens with one attached hydrogen (secondary N) is 1. The molecule has 24 heavy (non-hydrogen) atoms. The summed E-state index contributed by atoms with van der Waals surface area (Å²) in [5, 5.41) is 8.13. The summed E-state index contributed by atoms with van der Waals surface area (Å²) in [6.07, 6.45) is 5.58. The van der Waals surface area contributed by atoms with Gasteiger partial charge in [-0.15, -0.1) is 0 Å². The van der Waals surface area contributed by atoms with Crippen LogP contribution in [0.3, 0.4) is 0 Å². The molecule has 128 valence electrons. The summed E-state index contributed by atoms with van der Waals surface area (Å²) < 4.78 is 1.63. The van der Waals surface area contributed by atoms with E-state index in [2.05, 4.69) is 25.3 Å². The summed E-state index contributed by atoms with van der Waals surface area (Å²) in [4.78, 5) is 23.4. The van der Waals surface area contributed by atoms with Crippen molar-refractivity contribution < 1.29 is 4.79 Å². The van der Waals surface area contributed by atoms with Crippen LogP contribution in [0.15, 0.2) is 23.5 Å². The van der Waals surface area contributed by atoms with Gasteiger partial charge in [0.15, 0.2) is 5.16 Å². The van der Waals surface area contributed by atoms with Gasteiger partial charge < -0.3 is 10.2 Å². The molecule has 0 saturated carbocycles. The molecule has 1 N–H and O–H groups in total. The summed E-state index contributed by atoms with van der Waals surface area (Å²) in [6, 6.07) is 3.94. The molecule has 0 atom stereocenters. The molecule has 1 amide bonds. The van der Waals surface area contributed by atoms with Crippen LogP contribution in [0.5, 0.6) is 0 Å². The Morgan fingerprint density at radius 3 is 2.75 bits per heavy atom. The molecule has 1 aliphatic heterocycles. The van der Waals surface area contributed by atoms with Gasteiger partial charge in [-0.3, -0.25) is 9.48 Å². The van der Waals surface area contributed by atoms with Gasteiger partial charge in [-0.25, -0.2) is 9.97 Å². The smallest absolute Gasteiger partial charge is 0.269 e. The van der Waals surface area contributed by atoms with E-state index >= 15 is 0 Å². The van der Waals surface area contributed by atoms with Crippen LogP contribution in [-0.4, -0.2) is 51.0 Å². The van der Waals surface area contributed by atoms with E-state index in [-0.39, 0.29) is 11.9 Å². The highest BCUT2D eigenvalue weighted by atomic mass is 32.2.